The molecular formula is C54H35NO2. The van der Waals surface area contributed by atoms with E-state index in [2.05, 4.69) is 193 Å². The number of para-hydroxylation sites is 3. The van der Waals surface area contributed by atoms with Gasteiger partial charge in [0.15, 0.2) is 0 Å². The van der Waals surface area contributed by atoms with Crippen LogP contribution < -0.4 is 4.90 Å². The van der Waals surface area contributed by atoms with E-state index in [0.29, 0.717) is 0 Å². The Kier molecular flexibility index (Phi) is 7.82. The monoisotopic (exact) mass is 729 g/mol. The van der Waals surface area contributed by atoms with E-state index >= 15 is 0 Å². The van der Waals surface area contributed by atoms with Gasteiger partial charge in [0, 0.05) is 44.2 Å². The van der Waals surface area contributed by atoms with Crippen molar-refractivity contribution >= 4 is 60.9 Å². The van der Waals surface area contributed by atoms with Crippen LogP contribution >= 0.6 is 0 Å². The van der Waals surface area contributed by atoms with Gasteiger partial charge in [-0.15, -0.1) is 0 Å². The fourth-order valence-corrected chi connectivity index (χ4v) is 8.21. The molecule has 0 aliphatic heterocycles. The minimum Gasteiger partial charge on any atom is -0.456 e. The summed E-state index contributed by atoms with van der Waals surface area (Å²) in [4.78, 5) is 2.32. The van der Waals surface area contributed by atoms with Crippen LogP contribution in [0.5, 0.6) is 0 Å². The third kappa shape index (κ3) is 5.85. The SMILES string of the molecule is c1ccc(-c2ccc(N(c3ccc(-c4ccc(-c5ccc6c(c5)oc5ccccc56)cc4)cc3)c3ccc(-c4cccc5c4oc4ccccc45)cc3)cc2)cc1. The average Bonchev–Trinajstić information content (AvgIpc) is 3.86. The van der Waals surface area contributed by atoms with E-state index in [1.807, 2.05) is 24.3 Å². The molecule has 0 spiro atoms. The van der Waals surface area contributed by atoms with E-state index in [1.165, 1.54) is 11.1 Å². The summed E-state index contributed by atoms with van der Waals surface area (Å²) < 4.78 is 12.6. The van der Waals surface area contributed by atoms with Gasteiger partial charge in [-0.1, -0.05) is 152 Å². The summed E-state index contributed by atoms with van der Waals surface area (Å²) in [6.45, 7) is 0. The second-order valence-corrected chi connectivity index (χ2v) is 14.5. The van der Waals surface area contributed by atoms with E-state index in [0.717, 1.165) is 94.3 Å². The van der Waals surface area contributed by atoms with Crippen molar-refractivity contribution in [3.63, 3.8) is 0 Å². The predicted octanol–water partition coefficient (Wildman–Crippen LogP) is 15.6. The Labute approximate surface area is 330 Å². The average molecular weight is 730 g/mol. The second-order valence-electron chi connectivity index (χ2n) is 14.5. The molecule has 0 saturated heterocycles. The van der Waals surface area contributed by atoms with Crippen LogP contribution in [0.1, 0.15) is 0 Å². The molecule has 0 radical (unpaired) electrons. The lowest BCUT2D eigenvalue weighted by atomic mass is 9.99. The first-order valence-electron chi connectivity index (χ1n) is 19.3. The van der Waals surface area contributed by atoms with Crippen LogP contribution in [-0.4, -0.2) is 0 Å². The molecule has 0 aliphatic rings. The first-order valence-corrected chi connectivity index (χ1v) is 19.3. The molecule has 2 heterocycles. The molecule has 0 fully saturated rings. The Hall–Kier alpha value is -7.62. The van der Waals surface area contributed by atoms with Crippen molar-refractivity contribution in [3.05, 3.63) is 212 Å². The molecule has 9 aromatic carbocycles. The number of hydrogen-bond donors (Lipinski definition) is 0. The van der Waals surface area contributed by atoms with Crippen LogP contribution in [0.4, 0.5) is 17.1 Å². The lowest BCUT2D eigenvalue weighted by molar-refractivity contribution is 0.669. The van der Waals surface area contributed by atoms with Crippen molar-refractivity contribution in [3.8, 4) is 44.5 Å². The van der Waals surface area contributed by atoms with Gasteiger partial charge in [-0.2, -0.15) is 0 Å². The number of benzene rings is 9. The van der Waals surface area contributed by atoms with Crippen molar-refractivity contribution in [2.75, 3.05) is 4.90 Å². The molecule has 2 aromatic heterocycles. The maximum atomic E-state index is 6.39. The quantitative estimate of drug-likeness (QED) is 0.164. The standard InChI is InChI=1S/C54H35NO2/c1-2-9-36(10-3-1)38-21-28-43(29-22-38)55(45-32-25-41(26-33-45)46-13-8-14-50-48-12-5-7-16-52(48)57-54(46)50)44-30-23-39(24-31-44)37-17-19-40(20-18-37)42-27-34-49-47-11-4-6-15-51(47)56-53(49)35-42/h1-35H. The molecule has 0 unspecified atom stereocenters. The molecule has 0 saturated carbocycles. The molecule has 0 atom stereocenters. The summed E-state index contributed by atoms with van der Waals surface area (Å²) in [5.74, 6) is 0. The van der Waals surface area contributed by atoms with Crippen LogP contribution in [0, 0.1) is 0 Å². The minimum absolute atomic E-state index is 0.905. The summed E-state index contributed by atoms with van der Waals surface area (Å²) >= 11 is 0. The van der Waals surface area contributed by atoms with Gasteiger partial charge in [0.25, 0.3) is 0 Å². The van der Waals surface area contributed by atoms with Gasteiger partial charge in [-0.3, -0.25) is 0 Å². The molecule has 11 aromatic rings. The molecule has 268 valence electrons. The molecule has 3 heteroatoms. The van der Waals surface area contributed by atoms with Gasteiger partial charge in [-0.25, -0.2) is 0 Å². The molecule has 0 N–H and O–H groups in total. The highest BCUT2D eigenvalue weighted by molar-refractivity contribution is 6.09. The Balaban J connectivity index is 0.921. The largest absolute Gasteiger partial charge is 0.456 e. The lowest BCUT2D eigenvalue weighted by Crippen LogP contribution is -2.09. The van der Waals surface area contributed by atoms with Crippen LogP contribution in [-0.2, 0) is 0 Å². The van der Waals surface area contributed by atoms with Crippen molar-refractivity contribution in [2.45, 2.75) is 0 Å². The van der Waals surface area contributed by atoms with Crippen molar-refractivity contribution in [1.82, 2.24) is 0 Å². The van der Waals surface area contributed by atoms with Gasteiger partial charge in [0.05, 0.1) is 0 Å². The molecule has 0 aliphatic carbocycles. The van der Waals surface area contributed by atoms with E-state index < -0.39 is 0 Å². The Morgan fingerprint density at radius 1 is 0.263 bits per heavy atom. The van der Waals surface area contributed by atoms with Crippen molar-refractivity contribution < 1.29 is 8.83 Å². The number of hydrogen-bond acceptors (Lipinski definition) is 3. The Bertz CT molecular complexity index is 3190. The van der Waals surface area contributed by atoms with Crippen molar-refractivity contribution in [1.29, 1.82) is 0 Å². The highest BCUT2D eigenvalue weighted by Crippen LogP contribution is 2.40. The number of rotatable bonds is 7. The second kappa shape index (κ2) is 13.6. The number of nitrogens with zero attached hydrogens (tertiary/aromatic N) is 1. The number of anilines is 3. The molecule has 11 rings (SSSR count). The number of furan rings is 2. The highest BCUT2D eigenvalue weighted by Gasteiger charge is 2.16. The summed E-state index contributed by atoms with van der Waals surface area (Å²) in [7, 11) is 0. The van der Waals surface area contributed by atoms with Gasteiger partial charge in [-0.05, 0) is 99.6 Å². The van der Waals surface area contributed by atoms with E-state index in [-0.39, 0.29) is 0 Å². The highest BCUT2D eigenvalue weighted by atomic mass is 16.3. The van der Waals surface area contributed by atoms with Crippen LogP contribution in [0.2, 0.25) is 0 Å². The molecule has 0 bridgehead atoms. The van der Waals surface area contributed by atoms with Gasteiger partial charge in [0.2, 0.25) is 0 Å². The zero-order chi connectivity index (χ0) is 37.7. The lowest BCUT2D eigenvalue weighted by Gasteiger charge is -2.26. The van der Waals surface area contributed by atoms with Gasteiger partial charge < -0.3 is 13.7 Å². The van der Waals surface area contributed by atoms with E-state index in [9.17, 15) is 0 Å². The van der Waals surface area contributed by atoms with Crippen molar-refractivity contribution in [2.24, 2.45) is 0 Å². The van der Waals surface area contributed by atoms with Gasteiger partial charge >= 0.3 is 0 Å². The maximum absolute atomic E-state index is 6.39. The topological polar surface area (TPSA) is 29.5 Å². The van der Waals surface area contributed by atoms with E-state index in [1.54, 1.807) is 0 Å². The number of fused-ring (bicyclic) bond motifs is 6. The molecule has 57 heavy (non-hydrogen) atoms. The van der Waals surface area contributed by atoms with Gasteiger partial charge in [0.1, 0.15) is 22.3 Å². The zero-order valence-electron chi connectivity index (χ0n) is 31.0. The molecule has 3 nitrogen and oxygen atoms in total. The maximum Gasteiger partial charge on any atom is 0.143 e. The summed E-state index contributed by atoms with van der Waals surface area (Å²) in [6, 6.07) is 75.2. The summed E-state index contributed by atoms with van der Waals surface area (Å²) in [5.41, 5.74) is 16.1. The Morgan fingerprint density at radius 3 is 1.30 bits per heavy atom. The summed E-state index contributed by atoms with van der Waals surface area (Å²) in [6.07, 6.45) is 0. The predicted molar refractivity (Wildman–Crippen MR) is 237 cm³/mol. The Morgan fingerprint density at radius 2 is 0.684 bits per heavy atom. The van der Waals surface area contributed by atoms with Crippen LogP contribution in [0.15, 0.2) is 221 Å². The van der Waals surface area contributed by atoms with Crippen LogP contribution in [0.3, 0.4) is 0 Å². The smallest absolute Gasteiger partial charge is 0.143 e. The van der Waals surface area contributed by atoms with E-state index in [4.69, 9.17) is 8.83 Å². The fraction of sp³-hybridized carbons (Fsp3) is 0. The first-order chi connectivity index (χ1) is 28.2. The van der Waals surface area contributed by atoms with Crippen LogP contribution in [0.25, 0.3) is 88.4 Å². The third-order valence-electron chi connectivity index (χ3n) is 11.1. The minimum atomic E-state index is 0.905. The summed E-state index contributed by atoms with van der Waals surface area (Å²) in [5, 5.41) is 4.56. The zero-order valence-corrected chi connectivity index (χ0v) is 31.0. The fourth-order valence-electron chi connectivity index (χ4n) is 8.21. The normalized spacial score (nSPS) is 11.5. The molecule has 0 amide bonds. The third-order valence-corrected chi connectivity index (χ3v) is 11.1. The first kappa shape index (κ1) is 32.8. The molecular weight excluding hydrogens is 695 g/mol.